The summed E-state index contributed by atoms with van der Waals surface area (Å²) in [5.41, 5.74) is 9.97. The van der Waals surface area contributed by atoms with Crippen molar-refractivity contribution in [1.29, 1.82) is 0 Å². The van der Waals surface area contributed by atoms with Crippen LogP contribution in [0.5, 0.6) is 0 Å². The molecule has 0 atom stereocenters. The summed E-state index contributed by atoms with van der Waals surface area (Å²) in [7, 11) is 0. The van der Waals surface area contributed by atoms with Crippen molar-refractivity contribution < 1.29 is 4.99 Å². The topological polar surface area (TPSA) is 66.0 Å². The molecule has 0 rings (SSSR count). The number of nitrogens with one attached hydrogen (secondary N) is 1. The van der Waals surface area contributed by atoms with Crippen LogP contribution in [0.4, 0.5) is 0 Å². The molecular formula is C5H18N3+. The summed E-state index contributed by atoms with van der Waals surface area (Å²) in [5, 5.41) is 0. The summed E-state index contributed by atoms with van der Waals surface area (Å²) in [6.07, 6.45) is 0. The van der Waals surface area contributed by atoms with Gasteiger partial charge in [-0.2, -0.15) is 0 Å². The Hall–Kier alpha value is -0.730. The molecular weight excluding hydrogens is 102 g/mol. The second-order valence-electron chi connectivity index (χ2n) is 0.986. The Morgan fingerprint density at radius 1 is 1.38 bits per heavy atom. The smallest absolute Gasteiger partial charge is 0.291 e. The van der Waals surface area contributed by atoms with Crippen molar-refractivity contribution in [2.45, 2.75) is 21.8 Å². The second-order valence-corrected chi connectivity index (χ2v) is 0.986. The van der Waals surface area contributed by atoms with Crippen molar-refractivity contribution in [3.63, 3.8) is 0 Å². The van der Waals surface area contributed by atoms with Crippen LogP contribution in [0.15, 0.2) is 0 Å². The Morgan fingerprint density at radius 2 is 1.75 bits per heavy atom. The van der Waals surface area contributed by atoms with E-state index in [9.17, 15) is 0 Å². The number of hydrogen-bond acceptors (Lipinski definition) is 0. The predicted octanol–water partition coefficient (Wildman–Crippen LogP) is -1.37. The van der Waals surface area contributed by atoms with Gasteiger partial charge in [0.15, 0.2) is 0 Å². The second kappa shape index (κ2) is 9.55. The summed E-state index contributed by atoms with van der Waals surface area (Å²) in [5.74, 6) is 0.289. The molecule has 52 valence electrons. The standard InChI is InChI=1S/C3H9N3.2CH4/c1-2-6-3(4)5;;/h2H2,1H3,(H4,4,5,6);2*1H4/p+1. The van der Waals surface area contributed by atoms with Crippen LogP contribution < -0.4 is 16.5 Å². The monoisotopic (exact) mass is 120 g/mol. The molecule has 0 heterocycles. The van der Waals surface area contributed by atoms with Gasteiger partial charge in [-0.15, -0.1) is 0 Å². The van der Waals surface area contributed by atoms with Gasteiger partial charge in [-0.3, -0.25) is 16.5 Å². The van der Waals surface area contributed by atoms with Crippen molar-refractivity contribution in [3.8, 4) is 0 Å². The summed E-state index contributed by atoms with van der Waals surface area (Å²) in [6, 6.07) is 0. The lowest BCUT2D eigenvalue weighted by Gasteiger charge is -1.76. The van der Waals surface area contributed by atoms with Crippen molar-refractivity contribution in [2.75, 3.05) is 6.54 Å². The van der Waals surface area contributed by atoms with E-state index in [1.165, 1.54) is 0 Å². The predicted molar refractivity (Wildman–Crippen MR) is 38.3 cm³/mol. The molecule has 0 aromatic rings. The van der Waals surface area contributed by atoms with Gasteiger partial charge in [0.2, 0.25) is 0 Å². The number of guanidine groups is 1. The summed E-state index contributed by atoms with van der Waals surface area (Å²) < 4.78 is 0. The average molecular weight is 120 g/mol. The largest absolute Gasteiger partial charge is 0.338 e. The van der Waals surface area contributed by atoms with E-state index in [0.717, 1.165) is 6.54 Å². The molecule has 5 N–H and O–H groups in total. The minimum absolute atomic E-state index is 0. The van der Waals surface area contributed by atoms with E-state index in [0.29, 0.717) is 0 Å². The van der Waals surface area contributed by atoms with Gasteiger partial charge in [0, 0.05) is 0 Å². The first-order valence-corrected chi connectivity index (χ1v) is 1.89. The normalized spacial score (nSPS) is 5.62. The molecule has 0 aliphatic rings. The molecule has 0 aromatic heterocycles. The van der Waals surface area contributed by atoms with Crippen LogP contribution in [-0.4, -0.2) is 12.5 Å². The average Bonchev–Trinajstić information content (AvgIpc) is 1.35. The van der Waals surface area contributed by atoms with E-state index in [1.54, 1.807) is 0 Å². The summed E-state index contributed by atoms with van der Waals surface area (Å²) in [4.78, 5) is 2.68. The molecule has 3 heteroatoms. The molecule has 0 saturated carbocycles. The molecule has 0 fully saturated rings. The highest BCUT2D eigenvalue weighted by atomic mass is 15.0. The van der Waals surface area contributed by atoms with Crippen LogP contribution in [0.25, 0.3) is 0 Å². The Balaban J connectivity index is -0.000000125. The Morgan fingerprint density at radius 3 is 1.75 bits per heavy atom. The van der Waals surface area contributed by atoms with Crippen LogP contribution >= 0.6 is 0 Å². The molecule has 0 aliphatic heterocycles. The Bertz CT molecular complexity index is 54.7. The summed E-state index contributed by atoms with van der Waals surface area (Å²) in [6.45, 7) is 2.72. The molecule has 0 aliphatic carbocycles. The van der Waals surface area contributed by atoms with Crippen LogP contribution in [0.1, 0.15) is 21.8 Å². The molecule has 8 heavy (non-hydrogen) atoms. The third-order valence-electron chi connectivity index (χ3n) is 0.381. The maximum absolute atomic E-state index is 4.99. The van der Waals surface area contributed by atoms with Gasteiger partial charge < -0.3 is 0 Å². The Kier molecular flexibility index (Phi) is 18.7. The first-order valence-electron chi connectivity index (χ1n) is 1.89. The molecule has 0 amide bonds. The van der Waals surface area contributed by atoms with Gasteiger partial charge in [0.05, 0.1) is 6.54 Å². The van der Waals surface area contributed by atoms with Gasteiger partial charge in [-0.25, -0.2) is 0 Å². The first-order chi connectivity index (χ1) is 2.77. The maximum Gasteiger partial charge on any atom is 0.338 e. The molecule has 0 aromatic carbocycles. The Labute approximate surface area is 51.8 Å². The van der Waals surface area contributed by atoms with Crippen molar-refractivity contribution in [2.24, 2.45) is 11.5 Å². The van der Waals surface area contributed by atoms with E-state index in [1.807, 2.05) is 6.92 Å². The highest BCUT2D eigenvalue weighted by Gasteiger charge is 1.75. The highest BCUT2D eigenvalue weighted by Crippen LogP contribution is 1.19. The fourth-order valence-electron chi connectivity index (χ4n) is 0.204. The third-order valence-corrected chi connectivity index (χ3v) is 0.381. The SMILES string of the molecule is C.C.CC[NH+]=C(N)N. The van der Waals surface area contributed by atoms with Crippen molar-refractivity contribution in [3.05, 3.63) is 0 Å². The number of hydrogen-bond donors (Lipinski definition) is 3. The van der Waals surface area contributed by atoms with Gasteiger partial charge in [-0.1, -0.05) is 14.9 Å². The van der Waals surface area contributed by atoms with E-state index < -0.39 is 0 Å². The molecule has 0 bridgehead atoms. The van der Waals surface area contributed by atoms with Crippen LogP contribution in [0, 0.1) is 0 Å². The zero-order valence-electron chi connectivity index (χ0n) is 3.86. The lowest BCUT2D eigenvalue weighted by atomic mass is 10.8. The van der Waals surface area contributed by atoms with Crippen LogP contribution in [0.2, 0.25) is 0 Å². The van der Waals surface area contributed by atoms with Gasteiger partial charge >= 0.3 is 5.96 Å². The fraction of sp³-hybridized carbons (Fsp3) is 0.800. The minimum atomic E-state index is 0. The molecule has 0 saturated heterocycles. The third kappa shape index (κ3) is 18.6. The number of rotatable bonds is 1. The fourth-order valence-corrected chi connectivity index (χ4v) is 0.204. The highest BCUT2D eigenvalue weighted by molar-refractivity contribution is 5.69. The van der Waals surface area contributed by atoms with Crippen LogP contribution in [0.3, 0.4) is 0 Å². The molecule has 0 spiro atoms. The van der Waals surface area contributed by atoms with E-state index in [4.69, 9.17) is 11.5 Å². The molecule has 0 radical (unpaired) electrons. The first kappa shape index (κ1) is 15.7. The van der Waals surface area contributed by atoms with Gasteiger partial charge in [-0.05, 0) is 6.92 Å². The van der Waals surface area contributed by atoms with E-state index in [-0.39, 0.29) is 20.8 Å². The maximum atomic E-state index is 4.99. The number of nitrogens with two attached hydrogens (primary N) is 2. The quantitative estimate of drug-likeness (QED) is 0.295. The minimum Gasteiger partial charge on any atom is -0.291 e. The molecule has 3 nitrogen and oxygen atoms in total. The van der Waals surface area contributed by atoms with Crippen molar-refractivity contribution in [1.82, 2.24) is 0 Å². The zero-order chi connectivity index (χ0) is 4.99. The molecule has 0 unspecified atom stereocenters. The zero-order valence-corrected chi connectivity index (χ0v) is 3.86. The van der Waals surface area contributed by atoms with Gasteiger partial charge in [0.25, 0.3) is 0 Å². The van der Waals surface area contributed by atoms with E-state index in [2.05, 4.69) is 4.99 Å². The van der Waals surface area contributed by atoms with Gasteiger partial charge in [0.1, 0.15) is 0 Å². The lowest BCUT2D eigenvalue weighted by Crippen LogP contribution is -2.77. The van der Waals surface area contributed by atoms with E-state index >= 15 is 0 Å². The van der Waals surface area contributed by atoms with Crippen LogP contribution in [-0.2, 0) is 0 Å². The summed E-state index contributed by atoms with van der Waals surface area (Å²) >= 11 is 0. The van der Waals surface area contributed by atoms with Crippen molar-refractivity contribution >= 4 is 5.96 Å². The lowest BCUT2D eigenvalue weighted by molar-refractivity contribution is -0.454.